The molecule has 1 saturated carbocycles. The highest BCUT2D eigenvalue weighted by atomic mass is 16.5. The molecule has 0 radical (unpaired) electrons. The Bertz CT molecular complexity index is 589. The minimum atomic E-state index is -0.214. The summed E-state index contributed by atoms with van der Waals surface area (Å²) in [7, 11) is 3.59. The topological polar surface area (TPSA) is 54.9 Å². The van der Waals surface area contributed by atoms with Crippen molar-refractivity contribution in [2.75, 3.05) is 27.3 Å². The van der Waals surface area contributed by atoms with Crippen LogP contribution < -0.4 is 15.4 Å². The van der Waals surface area contributed by atoms with E-state index in [4.69, 9.17) is 9.47 Å². The third kappa shape index (κ3) is 6.20. The molecule has 1 aliphatic rings. The fourth-order valence-electron chi connectivity index (χ4n) is 3.26. The maximum Gasteiger partial charge on any atom is 0.191 e. The van der Waals surface area contributed by atoms with Gasteiger partial charge in [0.2, 0.25) is 0 Å². The number of aliphatic imine (C=N–C) groups is 1. The summed E-state index contributed by atoms with van der Waals surface area (Å²) in [5.74, 6) is 1.75. The number of benzene rings is 1. The van der Waals surface area contributed by atoms with Gasteiger partial charge in [-0.15, -0.1) is 0 Å². The van der Waals surface area contributed by atoms with Crippen LogP contribution in [-0.4, -0.2) is 38.9 Å². The summed E-state index contributed by atoms with van der Waals surface area (Å²) in [6.07, 6.45) is 4.95. The summed E-state index contributed by atoms with van der Waals surface area (Å²) in [5.41, 5.74) is 1.28. The van der Waals surface area contributed by atoms with Crippen molar-refractivity contribution in [3.63, 3.8) is 0 Å². The molecule has 146 valence electrons. The average molecular weight is 362 g/mol. The van der Waals surface area contributed by atoms with Gasteiger partial charge in [0.1, 0.15) is 11.4 Å². The minimum absolute atomic E-state index is 0.214. The van der Waals surface area contributed by atoms with Crippen molar-refractivity contribution in [1.29, 1.82) is 0 Å². The summed E-state index contributed by atoms with van der Waals surface area (Å²) < 4.78 is 11.3. The first-order chi connectivity index (χ1) is 12.4. The summed E-state index contributed by atoms with van der Waals surface area (Å²) in [6, 6.07) is 8.16. The quantitative estimate of drug-likeness (QED) is 0.547. The lowest BCUT2D eigenvalue weighted by Gasteiger charge is -2.42. The van der Waals surface area contributed by atoms with Gasteiger partial charge in [-0.3, -0.25) is 4.99 Å². The zero-order valence-electron chi connectivity index (χ0n) is 17.0. The van der Waals surface area contributed by atoms with Crippen LogP contribution in [0.2, 0.25) is 0 Å². The van der Waals surface area contributed by atoms with Crippen LogP contribution in [0, 0.1) is 5.41 Å². The van der Waals surface area contributed by atoms with Crippen molar-refractivity contribution < 1.29 is 9.47 Å². The zero-order valence-corrected chi connectivity index (χ0v) is 17.0. The normalized spacial score (nSPS) is 16.7. The van der Waals surface area contributed by atoms with Crippen LogP contribution in [0.4, 0.5) is 0 Å². The van der Waals surface area contributed by atoms with E-state index in [2.05, 4.69) is 42.5 Å². The van der Waals surface area contributed by atoms with Gasteiger partial charge in [-0.2, -0.15) is 0 Å². The molecule has 1 aromatic carbocycles. The van der Waals surface area contributed by atoms with E-state index in [9.17, 15) is 0 Å². The predicted molar refractivity (Wildman–Crippen MR) is 108 cm³/mol. The number of para-hydroxylation sites is 1. The SMILES string of the molecule is CN=C(NCc1ccccc1OC(C)(C)C)NCC1(CCOC)CCC1. The molecular weight excluding hydrogens is 326 g/mol. The number of hydrogen-bond donors (Lipinski definition) is 2. The number of nitrogens with zero attached hydrogens (tertiary/aromatic N) is 1. The molecule has 0 atom stereocenters. The molecule has 26 heavy (non-hydrogen) atoms. The highest BCUT2D eigenvalue weighted by Crippen LogP contribution is 2.43. The first-order valence-electron chi connectivity index (χ1n) is 9.58. The van der Waals surface area contributed by atoms with E-state index in [1.807, 2.05) is 25.2 Å². The van der Waals surface area contributed by atoms with E-state index in [0.29, 0.717) is 12.0 Å². The second-order valence-electron chi connectivity index (χ2n) is 8.20. The van der Waals surface area contributed by atoms with E-state index in [-0.39, 0.29) is 5.60 Å². The summed E-state index contributed by atoms with van der Waals surface area (Å²) >= 11 is 0. The van der Waals surface area contributed by atoms with Crippen molar-refractivity contribution in [1.82, 2.24) is 10.6 Å². The molecule has 1 aromatic rings. The van der Waals surface area contributed by atoms with E-state index < -0.39 is 0 Å². The van der Waals surface area contributed by atoms with Crippen LogP contribution >= 0.6 is 0 Å². The van der Waals surface area contributed by atoms with Crippen molar-refractivity contribution in [3.05, 3.63) is 29.8 Å². The summed E-state index contributed by atoms with van der Waals surface area (Å²) in [6.45, 7) is 8.64. The van der Waals surface area contributed by atoms with Crippen LogP contribution in [-0.2, 0) is 11.3 Å². The Hall–Kier alpha value is -1.75. The van der Waals surface area contributed by atoms with Gasteiger partial charge < -0.3 is 20.1 Å². The maximum absolute atomic E-state index is 6.07. The Balaban J connectivity index is 1.89. The summed E-state index contributed by atoms with van der Waals surface area (Å²) in [4.78, 5) is 4.37. The third-order valence-corrected chi connectivity index (χ3v) is 4.94. The monoisotopic (exact) mass is 361 g/mol. The lowest BCUT2D eigenvalue weighted by atomic mass is 9.67. The van der Waals surface area contributed by atoms with Crippen molar-refractivity contribution in [2.45, 2.75) is 58.6 Å². The molecule has 0 saturated heterocycles. The highest BCUT2D eigenvalue weighted by molar-refractivity contribution is 5.79. The van der Waals surface area contributed by atoms with Gasteiger partial charge in [0.05, 0.1) is 0 Å². The number of methoxy groups -OCH3 is 1. The Morgan fingerprint density at radius 2 is 1.92 bits per heavy atom. The number of ether oxygens (including phenoxy) is 2. The number of rotatable bonds is 8. The predicted octanol–water partition coefficient (Wildman–Crippen LogP) is 3.74. The first kappa shape index (κ1) is 20.6. The molecule has 0 bridgehead atoms. The van der Waals surface area contributed by atoms with Crippen molar-refractivity contribution in [3.8, 4) is 5.75 Å². The molecule has 1 fully saturated rings. The molecule has 1 aliphatic carbocycles. The zero-order chi connectivity index (χ0) is 19.0. The fourth-order valence-corrected chi connectivity index (χ4v) is 3.26. The Morgan fingerprint density at radius 3 is 2.50 bits per heavy atom. The van der Waals surface area contributed by atoms with E-state index >= 15 is 0 Å². The van der Waals surface area contributed by atoms with Gasteiger partial charge in [-0.1, -0.05) is 24.6 Å². The van der Waals surface area contributed by atoms with Crippen LogP contribution in [0.25, 0.3) is 0 Å². The molecule has 0 unspecified atom stereocenters. The molecule has 0 amide bonds. The van der Waals surface area contributed by atoms with Crippen molar-refractivity contribution >= 4 is 5.96 Å². The molecule has 5 heteroatoms. The fraction of sp³-hybridized carbons (Fsp3) is 0.667. The van der Waals surface area contributed by atoms with Crippen LogP contribution in [0.15, 0.2) is 29.3 Å². The molecule has 0 aromatic heterocycles. The molecular formula is C21H35N3O2. The average Bonchev–Trinajstić information content (AvgIpc) is 2.56. The van der Waals surface area contributed by atoms with Gasteiger partial charge in [-0.25, -0.2) is 0 Å². The molecule has 0 aliphatic heterocycles. The van der Waals surface area contributed by atoms with Gasteiger partial charge >= 0.3 is 0 Å². The second-order valence-corrected chi connectivity index (χ2v) is 8.20. The van der Waals surface area contributed by atoms with E-state index in [1.54, 1.807) is 7.11 Å². The van der Waals surface area contributed by atoms with Crippen LogP contribution in [0.5, 0.6) is 5.75 Å². The smallest absolute Gasteiger partial charge is 0.191 e. The van der Waals surface area contributed by atoms with Gasteiger partial charge in [-0.05, 0) is 51.5 Å². The first-order valence-corrected chi connectivity index (χ1v) is 9.58. The van der Waals surface area contributed by atoms with Gasteiger partial charge in [0.25, 0.3) is 0 Å². The summed E-state index contributed by atoms with van der Waals surface area (Å²) in [5, 5.41) is 6.92. The van der Waals surface area contributed by atoms with Crippen LogP contribution in [0.1, 0.15) is 52.0 Å². The number of guanidine groups is 1. The van der Waals surface area contributed by atoms with Gasteiger partial charge in [0, 0.05) is 39.4 Å². The standard InChI is InChI=1S/C21H35N3O2/c1-20(2,3)26-18-10-7-6-9-17(18)15-23-19(22-4)24-16-21(11-8-12-21)13-14-25-5/h6-7,9-10H,8,11-16H2,1-5H3,(H2,22,23,24). The molecule has 2 rings (SSSR count). The van der Waals surface area contributed by atoms with Gasteiger partial charge in [0.15, 0.2) is 5.96 Å². The lowest BCUT2D eigenvalue weighted by molar-refractivity contribution is 0.0732. The molecule has 5 nitrogen and oxygen atoms in total. The van der Waals surface area contributed by atoms with E-state index in [1.165, 1.54) is 19.3 Å². The number of hydrogen-bond acceptors (Lipinski definition) is 3. The third-order valence-electron chi connectivity index (χ3n) is 4.94. The van der Waals surface area contributed by atoms with Crippen molar-refractivity contribution in [2.24, 2.45) is 10.4 Å². The molecule has 0 spiro atoms. The molecule has 2 N–H and O–H groups in total. The minimum Gasteiger partial charge on any atom is -0.488 e. The van der Waals surface area contributed by atoms with Crippen LogP contribution in [0.3, 0.4) is 0 Å². The Labute approximate surface area is 158 Å². The maximum atomic E-state index is 6.07. The lowest BCUT2D eigenvalue weighted by Crippen LogP contribution is -2.46. The second kappa shape index (κ2) is 9.26. The highest BCUT2D eigenvalue weighted by Gasteiger charge is 2.36. The Morgan fingerprint density at radius 1 is 1.19 bits per heavy atom. The molecule has 0 heterocycles. The van der Waals surface area contributed by atoms with E-state index in [0.717, 1.165) is 36.8 Å². The largest absolute Gasteiger partial charge is 0.488 e. The number of nitrogens with one attached hydrogen (secondary N) is 2. The Kier molecular flexibility index (Phi) is 7.33.